The summed E-state index contributed by atoms with van der Waals surface area (Å²) in [6.45, 7) is 6.11. The number of fused-ring (bicyclic) bond motifs is 1. The van der Waals surface area contributed by atoms with Gasteiger partial charge in [-0.2, -0.15) is 0 Å². The Morgan fingerprint density at radius 1 is 0.968 bits per heavy atom. The van der Waals surface area contributed by atoms with Gasteiger partial charge in [0, 0.05) is 13.1 Å². The van der Waals surface area contributed by atoms with Crippen LogP contribution in [0.15, 0.2) is 58.1 Å². The molecule has 0 atom stereocenters. The molecule has 3 rings (SSSR count). The van der Waals surface area contributed by atoms with Gasteiger partial charge in [-0.25, -0.2) is 4.79 Å². The molecule has 0 aliphatic heterocycles. The van der Waals surface area contributed by atoms with E-state index in [2.05, 4.69) is 10.6 Å². The van der Waals surface area contributed by atoms with E-state index in [-0.39, 0.29) is 24.6 Å². The van der Waals surface area contributed by atoms with E-state index in [1.165, 1.54) is 4.57 Å². The molecule has 162 valence electrons. The molecule has 0 spiro atoms. The fraction of sp³-hybridized carbons (Fsp3) is 0.304. The Balaban J connectivity index is 1.91. The monoisotopic (exact) mass is 422 g/mol. The van der Waals surface area contributed by atoms with Gasteiger partial charge in [0.2, 0.25) is 5.91 Å². The lowest BCUT2D eigenvalue weighted by Crippen LogP contribution is -2.41. The number of para-hydroxylation sites is 2. The molecule has 2 N–H and O–H groups in total. The Morgan fingerprint density at radius 3 is 2.35 bits per heavy atom. The van der Waals surface area contributed by atoms with Crippen molar-refractivity contribution in [2.45, 2.75) is 33.9 Å². The molecule has 8 heteroatoms. The Labute approximate surface area is 179 Å². The molecule has 2 aromatic carbocycles. The summed E-state index contributed by atoms with van der Waals surface area (Å²) in [5, 5.41) is 5.92. The van der Waals surface area contributed by atoms with E-state index in [9.17, 15) is 19.2 Å². The molecule has 0 aliphatic carbocycles. The van der Waals surface area contributed by atoms with Crippen molar-refractivity contribution in [2.75, 3.05) is 11.9 Å². The quantitative estimate of drug-likeness (QED) is 0.609. The molecule has 2 amide bonds. The number of amides is 2. The van der Waals surface area contributed by atoms with Gasteiger partial charge >= 0.3 is 5.69 Å². The number of nitrogens with zero attached hydrogens (tertiary/aromatic N) is 2. The largest absolute Gasteiger partial charge is 0.352 e. The van der Waals surface area contributed by atoms with Crippen LogP contribution >= 0.6 is 0 Å². The van der Waals surface area contributed by atoms with Crippen LogP contribution in [0, 0.1) is 5.92 Å². The number of benzene rings is 2. The minimum absolute atomic E-state index is 0.197. The van der Waals surface area contributed by atoms with Gasteiger partial charge in [-0.05, 0) is 37.1 Å². The molecule has 0 radical (unpaired) electrons. The summed E-state index contributed by atoms with van der Waals surface area (Å²) in [7, 11) is 0. The van der Waals surface area contributed by atoms with Crippen LogP contribution < -0.4 is 21.9 Å². The van der Waals surface area contributed by atoms with Crippen molar-refractivity contribution in [2.24, 2.45) is 5.92 Å². The summed E-state index contributed by atoms with van der Waals surface area (Å²) >= 11 is 0. The maximum Gasteiger partial charge on any atom is 0.331 e. The molecule has 0 saturated carbocycles. The van der Waals surface area contributed by atoms with Crippen LogP contribution in [0.1, 0.15) is 31.1 Å². The molecule has 3 aromatic rings. The molecule has 0 bridgehead atoms. The first-order chi connectivity index (χ1) is 14.8. The third-order valence-electron chi connectivity index (χ3n) is 4.87. The van der Waals surface area contributed by atoms with E-state index in [1.807, 2.05) is 13.8 Å². The molecule has 31 heavy (non-hydrogen) atoms. The molecular formula is C23H26N4O4. The zero-order valence-corrected chi connectivity index (χ0v) is 17.8. The summed E-state index contributed by atoms with van der Waals surface area (Å²) < 4.78 is 2.37. The first kappa shape index (κ1) is 22.0. The second kappa shape index (κ2) is 9.42. The van der Waals surface area contributed by atoms with E-state index in [0.29, 0.717) is 34.6 Å². The van der Waals surface area contributed by atoms with Gasteiger partial charge in [-0.3, -0.25) is 23.5 Å². The minimum Gasteiger partial charge on any atom is -0.352 e. The first-order valence-electron chi connectivity index (χ1n) is 10.2. The lowest BCUT2D eigenvalue weighted by atomic mass is 10.1. The maximum atomic E-state index is 12.8. The highest BCUT2D eigenvalue weighted by Crippen LogP contribution is 2.15. The highest BCUT2D eigenvalue weighted by molar-refractivity contribution is 6.03. The summed E-state index contributed by atoms with van der Waals surface area (Å²) in [5.74, 6) is -0.468. The minimum atomic E-state index is -0.552. The van der Waals surface area contributed by atoms with Crippen molar-refractivity contribution < 1.29 is 9.59 Å². The van der Waals surface area contributed by atoms with Crippen molar-refractivity contribution in [1.29, 1.82) is 0 Å². The standard InChI is InChI=1S/C23H26N4O4/c1-4-26-22(30)17-10-6-8-12-19(17)27(23(26)31)14-20(28)25-18-11-7-5-9-16(18)21(29)24-13-15(2)3/h5-12,15H,4,13-14H2,1-3H3,(H,24,29)(H,25,28). The fourth-order valence-electron chi connectivity index (χ4n) is 3.32. The summed E-state index contributed by atoms with van der Waals surface area (Å²) in [6.07, 6.45) is 0. The van der Waals surface area contributed by atoms with E-state index >= 15 is 0 Å². The van der Waals surface area contributed by atoms with Crippen molar-refractivity contribution in [3.63, 3.8) is 0 Å². The zero-order valence-electron chi connectivity index (χ0n) is 17.8. The highest BCUT2D eigenvalue weighted by Gasteiger charge is 2.17. The van der Waals surface area contributed by atoms with Crippen LogP contribution in [0.4, 0.5) is 5.69 Å². The van der Waals surface area contributed by atoms with Crippen LogP contribution in [-0.4, -0.2) is 27.5 Å². The predicted molar refractivity (Wildman–Crippen MR) is 120 cm³/mol. The van der Waals surface area contributed by atoms with E-state index in [1.54, 1.807) is 55.5 Å². The van der Waals surface area contributed by atoms with Crippen molar-refractivity contribution in [3.8, 4) is 0 Å². The van der Waals surface area contributed by atoms with Gasteiger partial charge in [0.05, 0.1) is 22.2 Å². The lowest BCUT2D eigenvalue weighted by Gasteiger charge is -2.15. The molecule has 1 heterocycles. The van der Waals surface area contributed by atoms with E-state index in [4.69, 9.17) is 0 Å². The average Bonchev–Trinajstić information content (AvgIpc) is 2.75. The molecule has 0 saturated heterocycles. The number of carbonyl (C=O) groups excluding carboxylic acids is 2. The normalized spacial score (nSPS) is 11.0. The van der Waals surface area contributed by atoms with Gasteiger partial charge in [0.15, 0.2) is 0 Å². The molecular weight excluding hydrogens is 396 g/mol. The van der Waals surface area contributed by atoms with Crippen molar-refractivity contribution in [1.82, 2.24) is 14.5 Å². The van der Waals surface area contributed by atoms with Crippen LogP contribution in [0.25, 0.3) is 10.9 Å². The van der Waals surface area contributed by atoms with E-state index in [0.717, 1.165) is 4.57 Å². The van der Waals surface area contributed by atoms with Gasteiger partial charge < -0.3 is 10.6 Å². The number of nitrogens with one attached hydrogen (secondary N) is 2. The van der Waals surface area contributed by atoms with Gasteiger partial charge in [0.1, 0.15) is 6.54 Å². The summed E-state index contributed by atoms with van der Waals surface area (Å²) in [4.78, 5) is 50.7. The molecule has 0 unspecified atom stereocenters. The number of rotatable bonds is 7. The Bertz CT molecular complexity index is 1240. The maximum absolute atomic E-state index is 12.8. The van der Waals surface area contributed by atoms with Crippen molar-refractivity contribution in [3.05, 3.63) is 74.9 Å². The van der Waals surface area contributed by atoms with Gasteiger partial charge in [0.25, 0.3) is 11.5 Å². The first-order valence-corrected chi connectivity index (χ1v) is 10.2. The fourth-order valence-corrected chi connectivity index (χ4v) is 3.32. The SMILES string of the molecule is CCn1c(=O)c2ccccc2n(CC(=O)Nc2ccccc2C(=O)NCC(C)C)c1=O. The van der Waals surface area contributed by atoms with Gasteiger partial charge in [-0.1, -0.05) is 38.1 Å². The zero-order chi connectivity index (χ0) is 22.5. The number of anilines is 1. The third-order valence-corrected chi connectivity index (χ3v) is 4.87. The lowest BCUT2D eigenvalue weighted by molar-refractivity contribution is -0.116. The summed E-state index contributed by atoms with van der Waals surface area (Å²) in [5.41, 5.74) is 0.152. The number of hydrogen-bond donors (Lipinski definition) is 2. The van der Waals surface area contributed by atoms with Crippen LogP contribution in [0.2, 0.25) is 0 Å². The molecule has 8 nitrogen and oxygen atoms in total. The molecule has 0 fully saturated rings. The third kappa shape index (κ3) is 4.74. The predicted octanol–water partition coefficient (Wildman–Crippen LogP) is 2.21. The number of aromatic nitrogens is 2. The second-order valence-corrected chi connectivity index (χ2v) is 7.63. The smallest absolute Gasteiger partial charge is 0.331 e. The second-order valence-electron chi connectivity index (χ2n) is 7.63. The molecule has 0 aliphatic rings. The molecule has 1 aromatic heterocycles. The highest BCUT2D eigenvalue weighted by atomic mass is 16.2. The Kier molecular flexibility index (Phi) is 6.69. The number of carbonyl (C=O) groups is 2. The topological polar surface area (TPSA) is 102 Å². The van der Waals surface area contributed by atoms with Crippen LogP contribution in [0.5, 0.6) is 0 Å². The van der Waals surface area contributed by atoms with Crippen LogP contribution in [-0.2, 0) is 17.9 Å². The Hall–Kier alpha value is -3.68. The van der Waals surface area contributed by atoms with Crippen LogP contribution in [0.3, 0.4) is 0 Å². The van der Waals surface area contributed by atoms with E-state index < -0.39 is 11.6 Å². The summed E-state index contributed by atoms with van der Waals surface area (Å²) in [6, 6.07) is 13.4. The number of hydrogen-bond acceptors (Lipinski definition) is 4. The Morgan fingerprint density at radius 2 is 1.65 bits per heavy atom. The average molecular weight is 422 g/mol. The van der Waals surface area contributed by atoms with Gasteiger partial charge in [-0.15, -0.1) is 0 Å². The van der Waals surface area contributed by atoms with Crippen molar-refractivity contribution >= 4 is 28.4 Å².